The maximum absolute atomic E-state index is 11.0. The summed E-state index contributed by atoms with van der Waals surface area (Å²) in [5.41, 5.74) is 0.943. The molecule has 2 N–H and O–H groups in total. The first kappa shape index (κ1) is 14.9. The molecule has 0 amide bonds. The lowest BCUT2D eigenvalue weighted by Crippen LogP contribution is -2.11. The van der Waals surface area contributed by atoms with Crippen molar-refractivity contribution in [1.82, 2.24) is 0 Å². The summed E-state index contributed by atoms with van der Waals surface area (Å²) in [5, 5.41) is 17.9. The van der Waals surface area contributed by atoms with Crippen LogP contribution in [0.3, 0.4) is 0 Å². The van der Waals surface area contributed by atoms with Gasteiger partial charge in [-0.2, -0.15) is 0 Å². The molecule has 0 aliphatic rings. The van der Waals surface area contributed by atoms with Crippen molar-refractivity contribution in [1.29, 1.82) is 0 Å². The van der Waals surface area contributed by atoms with Crippen molar-refractivity contribution in [2.75, 3.05) is 13.2 Å². The van der Waals surface area contributed by atoms with E-state index < -0.39 is 5.97 Å². The molecule has 0 radical (unpaired) electrons. The van der Waals surface area contributed by atoms with E-state index in [0.717, 1.165) is 5.56 Å². The standard InChI is InChI=1S/C16H16O5/c17-11-12-5-7-13(8-6-12)20-9-10-21-15-4-2-1-3-14(15)16(18)19/h1-8,17H,9-11H2,(H,18,19). The topological polar surface area (TPSA) is 76.0 Å². The second-order valence-corrected chi connectivity index (χ2v) is 4.30. The Bertz CT molecular complexity index is 592. The van der Waals surface area contributed by atoms with Gasteiger partial charge in [0.15, 0.2) is 0 Å². The van der Waals surface area contributed by atoms with Crippen molar-refractivity contribution in [2.45, 2.75) is 6.61 Å². The van der Waals surface area contributed by atoms with Crippen LogP contribution in [0.4, 0.5) is 0 Å². The highest BCUT2D eigenvalue weighted by molar-refractivity contribution is 5.90. The van der Waals surface area contributed by atoms with Gasteiger partial charge >= 0.3 is 5.97 Å². The summed E-state index contributed by atoms with van der Waals surface area (Å²) in [6, 6.07) is 13.5. The number of hydrogen-bond donors (Lipinski definition) is 2. The molecular formula is C16H16O5. The predicted octanol–water partition coefficient (Wildman–Crippen LogP) is 2.33. The number of ether oxygens (including phenoxy) is 2. The number of aliphatic hydroxyl groups is 1. The summed E-state index contributed by atoms with van der Waals surface area (Å²) >= 11 is 0. The molecule has 110 valence electrons. The molecule has 2 aromatic carbocycles. The number of aliphatic hydroxyl groups excluding tert-OH is 1. The molecule has 0 bridgehead atoms. The monoisotopic (exact) mass is 288 g/mol. The Hall–Kier alpha value is -2.53. The van der Waals surface area contributed by atoms with Gasteiger partial charge in [0.25, 0.3) is 0 Å². The smallest absolute Gasteiger partial charge is 0.339 e. The van der Waals surface area contributed by atoms with Crippen molar-refractivity contribution in [3.63, 3.8) is 0 Å². The van der Waals surface area contributed by atoms with Gasteiger partial charge in [0.1, 0.15) is 30.3 Å². The summed E-state index contributed by atoms with van der Waals surface area (Å²) in [4.78, 5) is 11.0. The van der Waals surface area contributed by atoms with Gasteiger partial charge in [-0.05, 0) is 29.8 Å². The molecule has 0 atom stereocenters. The molecule has 0 unspecified atom stereocenters. The van der Waals surface area contributed by atoms with E-state index in [0.29, 0.717) is 18.1 Å². The van der Waals surface area contributed by atoms with Crippen LogP contribution < -0.4 is 9.47 Å². The Morgan fingerprint density at radius 1 is 0.952 bits per heavy atom. The van der Waals surface area contributed by atoms with Crippen LogP contribution in [0.25, 0.3) is 0 Å². The summed E-state index contributed by atoms with van der Waals surface area (Å²) in [5.74, 6) is -0.0299. The summed E-state index contributed by atoms with van der Waals surface area (Å²) in [6.45, 7) is 0.536. The number of carboxylic acids is 1. The molecule has 0 aromatic heterocycles. The highest BCUT2D eigenvalue weighted by atomic mass is 16.5. The van der Waals surface area contributed by atoms with E-state index in [-0.39, 0.29) is 18.8 Å². The first-order chi connectivity index (χ1) is 10.2. The van der Waals surface area contributed by atoms with Crippen LogP contribution >= 0.6 is 0 Å². The first-order valence-corrected chi connectivity index (χ1v) is 6.48. The maximum atomic E-state index is 11.0. The van der Waals surface area contributed by atoms with Crippen LogP contribution in [-0.2, 0) is 6.61 Å². The molecule has 0 saturated carbocycles. The van der Waals surface area contributed by atoms with Gasteiger partial charge < -0.3 is 19.7 Å². The molecule has 21 heavy (non-hydrogen) atoms. The van der Waals surface area contributed by atoms with Crippen molar-refractivity contribution >= 4 is 5.97 Å². The number of hydrogen-bond acceptors (Lipinski definition) is 4. The van der Waals surface area contributed by atoms with Crippen LogP contribution in [0.15, 0.2) is 48.5 Å². The highest BCUT2D eigenvalue weighted by Crippen LogP contribution is 2.18. The second-order valence-electron chi connectivity index (χ2n) is 4.30. The molecule has 2 rings (SSSR count). The zero-order valence-corrected chi connectivity index (χ0v) is 11.4. The Labute approximate surface area is 122 Å². The molecule has 2 aromatic rings. The predicted molar refractivity (Wildman–Crippen MR) is 76.8 cm³/mol. The van der Waals surface area contributed by atoms with Gasteiger partial charge in [0.2, 0.25) is 0 Å². The van der Waals surface area contributed by atoms with Crippen molar-refractivity contribution in [3.8, 4) is 11.5 Å². The molecule has 0 spiro atoms. The normalized spacial score (nSPS) is 10.1. The fourth-order valence-electron chi connectivity index (χ4n) is 1.77. The van der Waals surface area contributed by atoms with Gasteiger partial charge in [-0.1, -0.05) is 24.3 Å². The zero-order chi connectivity index (χ0) is 15.1. The van der Waals surface area contributed by atoms with E-state index in [1.54, 1.807) is 42.5 Å². The molecule has 5 nitrogen and oxygen atoms in total. The second kappa shape index (κ2) is 7.31. The number of carboxylic acid groups (broad SMARTS) is 1. The van der Waals surface area contributed by atoms with Gasteiger partial charge in [0.05, 0.1) is 6.61 Å². The summed E-state index contributed by atoms with van der Waals surface area (Å²) in [7, 11) is 0. The lowest BCUT2D eigenvalue weighted by atomic mass is 10.2. The van der Waals surface area contributed by atoms with E-state index >= 15 is 0 Å². The van der Waals surface area contributed by atoms with Crippen LogP contribution in [0, 0.1) is 0 Å². The highest BCUT2D eigenvalue weighted by Gasteiger charge is 2.09. The Morgan fingerprint density at radius 2 is 1.62 bits per heavy atom. The lowest BCUT2D eigenvalue weighted by Gasteiger charge is -2.10. The van der Waals surface area contributed by atoms with Crippen LogP contribution in [0.2, 0.25) is 0 Å². The maximum Gasteiger partial charge on any atom is 0.339 e. The van der Waals surface area contributed by atoms with E-state index in [2.05, 4.69) is 0 Å². The number of carbonyl (C=O) groups is 1. The van der Waals surface area contributed by atoms with Gasteiger partial charge in [-0.15, -0.1) is 0 Å². The Balaban J connectivity index is 1.83. The SMILES string of the molecule is O=C(O)c1ccccc1OCCOc1ccc(CO)cc1. The number of aromatic carboxylic acids is 1. The summed E-state index contributed by atoms with van der Waals surface area (Å²) < 4.78 is 10.9. The number of para-hydroxylation sites is 1. The number of rotatable bonds is 7. The molecule has 0 aliphatic carbocycles. The van der Waals surface area contributed by atoms with E-state index in [1.165, 1.54) is 6.07 Å². The minimum Gasteiger partial charge on any atom is -0.490 e. The third-order valence-corrected chi connectivity index (χ3v) is 2.83. The van der Waals surface area contributed by atoms with Crippen LogP contribution in [0.5, 0.6) is 11.5 Å². The van der Waals surface area contributed by atoms with E-state index in [1.807, 2.05) is 0 Å². The quantitative estimate of drug-likeness (QED) is 0.765. The molecule has 0 saturated heterocycles. The van der Waals surface area contributed by atoms with Crippen LogP contribution in [0.1, 0.15) is 15.9 Å². The fourth-order valence-corrected chi connectivity index (χ4v) is 1.77. The number of benzene rings is 2. The van der Waals surface area contributed by atoms with Crippen molar-refractivity contribution < 1.29 is 24.5 Å². The van der Waals surface area contributed by atoms with E-state index in [4.69, 9.17) is 19.7 Å². The Kier molecular flexibility index (Phi) is 5.17. The third kappa shape index (κ3) is 4.22. The Morgan fingerprint density at radius 3 is 2.29 bits per heavy atom. The first-order valence-electron chi connectivity index (χ1n) is 6.48. The fraction of sp³-hybridized carbons (Fsp3) is 0.188. The molecule has 0 aliphatic heterocycles. The van der Waals surface area contributed by atoms with Crippen molar-refractivity contribution in [2.24, 2.45) is 0 Å². The largest absolute Gasteiger partial charge is 0.490 e. The van der Waals surface area contributed by atoms with Gasteiger partial charge in [-0.25, -0.2) is 4.79 Å². The average Bonchev–Trinajstić information content (AvgIpc) is 2.52. The average molecular weight is 288 g/mol. The van der Waals surface area contributed by atoms with Gasteiger partial charge in [0, 0.05) is 0 Å². The third-order valence-electron chi connectivity index (χ3n) is 2.83. The lowest BCUT2D eigenvalue weighted by molar-refractivity contribution is 0.0691. The molecular weight excluding hydrogens is 272 g/mol. The van der Waals surface area contributed by atoms with E-state index in [9.17, 15) is 4.79 Å². The minimum absolute atomic E-state index is 0.00460. The van der Waals surface area contributed by atoms with Crippen LogP contribution in [-0.4, -0.2) is 29.4 Å². The molecule has 0 fully saturated rings. The zero-order valence-electron chi connectivity index (χ0n) is 11.4. The minimum atomic E-state index is -1.02. The van der Waals surface area contributed by atoms with Gasteiger partial charge in [-0.3, -0.25) is 0 Å². The molecule has 5 heteroatoms. The summed E-state index contributed by atoms with van der Waals surface area (Å²) in [6.07, 6.45) is 0. The molecule has 0 heterocycles. The van der Waals surface area contributed by atoms with Crippen molar-refractivity contribution in [3.05, 3.63) is 59.7 Å².